The van der Waals surface area contributed by atoms with Crippen LogP contribution in [0.5, 0.6) is 0 Å². The lowest BCUT2D eigenvalue weighted by atomic mass is 10.1. The first kappa shape index (κ1) is 23.4. The van der Waals surface area contributed by atoms with Crippen LogP contribution < -0.4 is 10.6 Å². The van der Waals surface area contributed by atoms with Crippen molar-refractivity contribution in [2.24, 2.45) is 0 Å². The fraction of sp³-hybridized carbons (Fsp3) is 0.360. The molecule has 1 aliphatic heterocycles. The Morgan fingerprint density at radius 1 is 0.971 bits per heavy atom. The van der Waals surface area contributed by atoms with E-state index in [-0.39, 0.29) is 0 Å². The maximum Gasteiger partial charge on any atom is 0.180 e. The predicted molar refractivity (Wildman–Crippen MR) is 138 cm³/mol. The van der Waals surface area contributed by atoms with Crippen molar-refractivity contribution in [3.63, 3.8) is 0 Å². The number of nitrogens with zero attached hydrogens (tertiary/aromatic N) is 7. The molecule has 0 bridgehead atoms. The Kier molecular flexibility index (Phi) is 7.03. The summed E-state index contributed by atoms with van der Waals surface area (Å²) in [6.07, 6.45) is 4.07. The second-order valence-corrected chi connectivity index (χ2v) is 9.93. The van der Waals surface area contributed by atoms with Crippen LogP contribution in [0.25, 0.3) is 11.5 Å². The zero-order valence-corrected chi connectivity index (χ0v) is 21.0. The van der Waals surface area contributed by atoms with Crippen molar-refractivity contribution in [2.75, 3.05) is 18.4 Å². The normalized spacial score (nSPS) is 18.5. The molecule has 0 unspecified atom stereocenters. The first-order valence-electron chi connectivity index (χ1n) is 11.8. The Morgan fingerprint density at radius 2 is 1.74 bits per heavy atom. The third-order valence-corrected chi connectivity index (χ3v) is 6.56. The quantitative estimate of drug-likeness (QED) is 0.404. The van der Waals surface area contributed by atoms with Crippen molar-refractivity contribution in [3.05, 3.63) is 70.3 Å². The van der Waals surface area contributed by atoms with Gasteiger partial charge >= 0.3 is 0 Å². The highest BCUT2D eigenvalue weighted by Crippen LogP contribution is 2.19. The molecule has 4 aromatic heterocycles. The van der Waals surface area contributed by atoms with E-state index in [1.165, 1.54) is 0 Å². The van der Waals surface area contributed by atoms with Crippen LogP contribution in [0.2, 0.25) is 0 Å². The number of hydrogen-bond acceptors (Lipinski definition) is 10. The monoisotopic (exact) mass is 487 g/mol. The maximum atomic E-state index is 4.84. The van der Waals surface area contributed by atoms with E-state index in [4.69, 9.17) is 4.98 Å². The molecule has 2 atom stereocenters. The summed E-state index contributed by atoms with van der Waals surface area (Å²) < 4.78 is 0. The fourth-order valence-electron chi connectivity index (χ4n) is 4.34. The topological polar surface area (TPSA) is 105 Å². The van der Waals surface area contributed by atoms with Crippen LogP contribution in [-0.4, -0.2) is 60.0 Å². The summed E-state index contributed by atoms with van der Waals surface area (Å²) in [4.78, 5) is 29.9. The van der Waals surface area contributed by atoms with Gasteiger partial charge in [0.25, 0.3) is 0 Å². The third kappa shape index (κ3) is 6.21. The summed E-state index contributed by atoms with van der Waals surface area (Å²) in [5.74, 6) is 2.61. The van der Waals surface area contributed by atoms with E-state index < -0.39 is 0 Å². The molecule has 5 heterocycles. The molecule has 0 aliphatic carbocycles. The van der Waals surface area contributed by atoms with Crippen molar-refractivity contribution < 1.29 is 0 Å². The molecule has 0 radical (unpaired) electrons. The van der Waals surface area contributed by atoms with Crippen molar-refractivity contribution in [3.8, 4) is 11.5 Å². The van der Waals surface area contributed by atoms with Crippen LogP contribution in [0.4, 0.5) is 11.6 Å². The minimum atomic E-state index is 0.500. The largest absolute Gasteiger partial charge is 0.325 e. The molecule has 4 aromatic rings. The van der Waals surface area contributed by atoms with Crippen LogP contribution in [0.3, 0.4) is 0 Å². The van der Waals surface area contributed by atoms with Crippen molar-refractivity contribution in [1.29, 1.82) is 0 Å². The van der Waals surface area contributed by atoms with Crippen LogP contribution in [0.15, 0.2) is 48.1 Å². The van der Waals surface area contributed by atoms with E-state index in [2.05, 4.69) is 59.7 Å². The molecular weight excluding hydrogens is 458 g/mol. The number of rotatable bonds is 7. The molecule has 1 aliphatic rings. The van der Waals surface area contributed by atoms with Gasteiger partial charge in [0, 0.05) is 55.2 Å². The number of aryl methyl sites for hydroxylation is 1. The average Bonchev–Trinajstić information content (AvgIpc) is 3.25. The lowest BCUT2D eigenvalue weighted by molar-refractivity contribution is 0.165. The van der Waals surface area contributed by atoms with E-state index in [1.54, 1.807) is 23.7 Å². The van der Waals surface area contributed by atoms with Crippen LogP contribution in [0.1, 0.15) is 36.1 Å². The Morgan fingerprint density at radius 3 is 2.54 bits per heavy atom. The molecule has 0 saturated carbocycles. The summed E-state index contributed by atoms with van der Waals surface area (Å²) in [5, 5.41) is 10.0. The predicted octanol–water partition coefficient (Wildman–Crippen LogP) is 3.61. The van der Waals surface area contributed by atoms with Gasteiger partial charge in [0.05, 0.1) is 12.1 Å². The molecule has 0 amide bonds. The minimum absolute atomic E-state index is 0.500. The van der Waals surface area contributed by atoms with Gasteiger partial charge < -0.3 is 10.6 Å². The highest BCUT2D eigenvalue weighted by Gasteiger charge is 2.21. The molecule has 1 saturated heterocycles. The van der Waals surface area contributed by atoms with E-state index in [0.29, 0.717) is 36.0 Å². The van der Waals surface area contributed by atoms with Gasteiger partial charge in [-0.1, -0.05) is 6.07 Å². The summed E-state index contributed by atoms with van der Waals surface area (Å²) >= 11 is 1.66. The lowest BCUT2D eigenvalue weighted by Gasteiger charge is -2.35. The maximum absolute atomic E-state index is 4.84. The van der Waals surface area contributed by atoms with E-state index >= 15 is 0 Å². The first-order chi connectivity index (χ1) is 17.0. The standard InChI is InChI=1S/C25H29N9S/c1-16-5-4-6-20(29-16)25-27-10-8-22(33-25)31-21-7-9-26-23(32-21)11-24-30-19(15-35-24)14-34-12-17(2)28-18(3)13-34/h4-10,15,17-18,28H,11-14H2,1-3H3,(H,26,27,31,32,33)/t17-,18+. The number of hydrogen-bond donors (Lipinski definition) is 2. The van der Waals surface area contributed by atoms with Gasteiger partial charge in [-0.05, 0) is 45.0 Å². The van der Waals surface area contributed by atoms with Crippen molar-refractivity contribution >= 4 is 23.0 Å². The van der Waals surface area contributed by atoms with Crippen molar-refractivity contribution in [1.82, 2.24) is 40.1 Å². The number of anilines is 2. The van der Waals surface area contributed by atoms with Gasteiger partial charge in [-0.3, -0.25) is 4.90 Å². The zero-order chi connectivity index (χ0) is 24.2. The fourth-order valence-corrected chi connectivity index (χ4v) is 5.12. The number of nitrogens with one attached hydrogen (secondary N) is 2. The van der Waals surface area contributed by atoms with Crippen LogP contribution in [0, 0.1) is 6.92 Å². The third-order valence-electron chi connectivity index (χ3n) is 5.66. The van der Waals surface area contributed by atoms with Gasteiger partial charge in [-0.15, -0.1) is 11.3 Å². The smallest absolute Gasteiger partial charge is 0.180 e. The number of aromatic nitrogens is 6. The highest BCUT2D eigenvalue weighted by atomic mass is 32.1. The van der Waals surface area contributed by atoms with Crippen molar-refractivity contribution in [2.45, 2.75) is 45.8 Å². The SMILES string of the molecule is Cc1cccc(-c2nccc(Nc3ccnc(Cc4nc(CN5C[C@@H](C)N[C@@H](C)C5)cs4)n3)n2)n1. The van der Waals surface area contributed by atoms with Gasteiger partial charge in [0.2, 0.25) is 0 Å². The Labute approximate surface area is 209 Å². The van der Waals surface area contributed by atoms with Gasteiger partial charge in [-0.2, -0.15) is 0 Å². The molecule has 35 heavy (non-hydrogen) atoms. The molecule has 0 aromatic carbocycles. The molecule has 0 spiro atoms. The minimum Gasteiger partial charge on any atom is -0.325 e. The Hall–Kier alpha value is -3.34. The summed E-state index contributed by atoms with van der Waals surface area (Å²) in [6, 6.07) is 10.4. The number of pyridine rings is 1. The van der Waals surface area contributed by atoms with E-state index in [9.17, 15) is 0 Å². The van der Waals surface area contributed by atoms with Gasteiger partial charge in [0.1, 0.15) is 28.2 Å². The Bertz CT molecular complexity index is 1280. The molecule has 5 rings (SSSR count). The number of thiazole rings is 1. The molecule has 2 N–H and O–H groups in total. The lowest BCUT2D eigenvalue weighted by Crippen LogP contribution is -2.53. The summed E-state index contributed by atoms with van der Waals surface area (Å²) in [6.45, 7) is 9.37. The van der Waals surface area contributed by atoms with E-state index in [1.807, 2.05) is 37.3 Å². The summed E-state index contributed by atoms with van der Waals surface area (Å²) in [7, 11) is 0. The molecular formula is C25H29N9S. The molecule has 1 fully saturated rings. The molecule has 9 nitrogen and oxygen atoms in total. The molecule has 180 valence electrons. The Balaban J connectivity index is 1.24. The second-order valence-electron chi connectivity index (χ2n) is 8.99. The van der Waals surface area contributed by atoms with Crippen LogP contribution >= 0.6 is 11.3 Å². The summed E-state index contributed by atoms with van der Waals surface area (Å²) in [5.41, 5.74) is 2.77. The van der Waals surface area contributed by atoms with Crippen LogP contribution in [-0.2, 0) is 13.0 Å². The molecule has 10 heteroatoms. The zero-order valence-electron chi connectivity index (χ0n) is 20.1. The average molecular weight is 488 g/mol. The second kappa shape index (κ2) is 10.5. The van der Waals surface area contributed by atoms with Gasteiger partial charge in [-0.25, -0.2) is 29.9 Å². The van der Waals surface area contributed by atoms with E-state index in [0.717, 1.165) is 47.5 Å². The highest BCUT2D eigenvalue weighted by molar-refractivity contribution is 7.09. The van der Waals surface area contributed by atoms with Gasteiger partial charge in [0.15, 0.2) is 5.82 Å². The first-order valence-corrected chi connectivity index (χ1v) is 12.7. The number of piperazine rings is 1.